The fourth-order valence-electron chi connectivity index (χ4n) is 2.33. The highest BCUT2D eigenvalue weighted by atomic mass is 16.6. The first-order valence-corrected chi connectivity index (χ1v) is 6.74. The standard InChI is InChI=1S/C14H17N3O3/c15-11-12-10-13(4-5-14(12)17(18)19)20-9-8-16-6-2-1-3-7-16/h4-5,10H,1-3,6-9H2. The van der Waals surface area contributed by atoms with E-state index in [-0.39, 0.29) is 11.3 Å². The van der Waals surface area contributed by atoms with Crippen molar-refractivity contribution in [2.45, 2.75) is 19.3 Å². The molecule has 1 heterocycles. The molecule has 0 radical (unpaired) electrons. The first-order valence-electron chi connectivity index (χ1n) is 6.74. The minimum Gasteiger partial charge on any atom is -0.492 e. The van der Waals surface area contributed by atoms with Crippen molar-refractivity contribution in [3.63, 3.8) is 0 Å². The van der Waals surface area contributed by atoms with Crippen molar-refractivity contribution >= 4 is 5.69 Å². The summed E-state index contributed by atoms with van der Waals surface area (Å²) in [5.74, 6) is 0.504. The van der Waals surface area contributed by atoms with E-state index in [4.69, 9.17) is 10.00 Å². The molecule has 1 aromatic carbocycles. The third-order valence-electron chi connectivity index (χ3n) is 3.41. The van der Waals surface area contributed by atoms with E-state index < -0.39 is 4.92 Å². The Balaban J connectivity index is 1.90. The number of nitro benzene ring substituents is 1. The van der Waals surface area contributed by atoms with Gasteiger partial charge in [0, 0.05) is 18.7 Å². The summed E-state index contributed by atoms with van der Waals surface area (Å²) in [6.45, 7) is 3.59. The second-order valence-electron chi connectivity index (χ2n) is 4.80. The smallest absolute Gasteiger partial charge is 0.287 e. The molecule has 0 N–H and O–H groups in total. The molecule has 1 saturated heterocycles. The minimum atomic E-state index is -0.559. The van der Waals surface area contributed by atoms with Crippen LogP contribution in [0.1, 0.15) is 24.8 Å². The Morgan fingerprint density at radius 3 is 2.75 bits per heavy atom. The van der Waals surface area contributed by atoms with Gasteiger partial charge in [-0.05, 0) is 32.0 Å². The van der Waals surface area contributed by atoms with E-state index in [1.165, 1.54) is 37.5 Å². The largest absolute Gasteiger partial charge is 0.492 e. The number of hydrogen-bond acceptors (Lipinski definition) is 5. The summed E-state index contributed by atoms with van der Waals surface area (Å²) >= 11 is 0. The topological polar surface area (TPSA) is 79.4 Å². The second kappa shape index (κ2) is 6.87. The van der Waals surface area contributed by atoms with Crippen LogP contribution < -0.4 is 4.74 Å². The van der Waals surface area contributed by atoms with Crippen molar-refractivity contribution in [2.75, 3.05) is 26.2 Å². The summed E-state index contributed by atoms with van der Waals surface area (Å²) in [7, 11) is 0. The van der Waals surface area contributed by atoms with Gasteiger partial charge in [0.1, 0.15) is 24.0 Å². The Morgan fingerprint density at radius 1 is 1.35 bits per heavy atom. The van der Waals surface area contributed by atoms with Crippen LogP contribution in [-0.2, 0) is 0 Å². The van der Waals surface area contributed by atoms with Gasteiger partial charge >= 0.3 is 0 Å². The van der Waals surface area contributed by atoms with Crippen LogP contribution in [0.15, 0.2) is 18.2 Å². The first-order chi connectivity index (χ1) is 9.70. The zero-order valence-corrected chi connectivity index (χ0v) is 11.2. The lowest BCUT2D eigenvalue weighted by Gasteiger charge is -2.26. The van der Waals surface area contributed by atoms with Gasteiger partial charge in [-0.25, -0.2) is 0 Å². The second-order valence-corrected chi connectivity index (χ2v) is 4.80. The first kappa shape index (κ1) is 14.3. The van der Waals surface area contributed by atoms with E-state index in [1.54, 1.807) is 0 Å². The summed E-state index contributed by atoms with van der Waals surface area (Å²) < 4.78 is 5.57. The molecule has 2 rings (SSSR count). The average Bonchev–Trinajstić information content (AvgIpc) is 2.48. The fourth-order valence-corrected chi connectivity index (χ4v) is 2.33. The van der Waals surface area contributed by atoms with Crippen LogP contribution in [0.4, 0.5) is 5.69 Å². The summed E-state index contributed by atoms with van der Waals surface area (Å²) in [6.07, 6.45) is 3.76. The molecule has 1 aromatic rings. The van der Waals surface area contributed by atoms with E-state index in [2.05, 4.69) is 4.90 Å². The Labute approximate surface area is 117 Å². The van der Waals surface area contributed by atoms with Crippen molar-refractivity contribution in [2.24, 2.45) is 0 Å². The maximum absolute atomic E-state index is 10.7. The lowest BCUT2D eigenvalue weighted by Crippen LogP contribution is -2.33. The number of nitro groups is 1. The molecule has 1 aliphatic rings. The lowest BCUT2D eigenvalue weighted by atomic mass is 10.1. The number of nitriles is 1. The highest BCUT2D eigenvalue weighted by Gasteiger charge is 2.14. The van der Waals surface area contributed by atoms with Crippen LogP contribution in [0.25, 0.3) is 0 Å². The van der Waals surface area contributed by atoms with Crippen molar-refractivity contribution in [3.05, 3.63) is 33.9 Å². The van der Waals surface area contributed by atoms with Crippen molar-refractivity contribution in [3.8, 4) is 11.8 Å². The molecule has 6 nitrogen and oxygen atoms in total. The SMILES string of the molecule is N#Cc1cc(OCCN2CCCCC2)ccc1[N+](=O)[O-]. The molecule has 20 heavy (non-hydrogen) atoms. The third-order valence-corrected chi connectivity index (χ3v) is 3.41. The van der Waals surface area contributed by atoms with E-state index in [0.717, 1.165) is 19.6 Å². The van der Waals surface area contributed by atoms with Crippen LogP contribution in [0, 0.1) is 21.4 Å². The molecule has 106 valence electrons. The quantitative estimate of drug-likeness (QED) is 0.608. The van der Waals surface area contributed by atoms with Crippen LogP contribution in [-0.4, -0.2) is 36.1 Å². The maximum atomic E-state index is 10.7. The van der Waals surface area contributed by atoms with E-state index in [9.17, 15) is 10.1 Å². The number of nitrogens with zero attached hydrogens (tertiary/aromatic N) is 3. The van der Waals surface area contributed by atoms with Crippen molar-refractivity contribution in [1.82, 2.24) is 4.90 Å². The predicted octanol–water partition coefficient (Wildman–Crippen LogP) is 2.33. The zero-order valence-electron chi connectivity index (χ0n) is 11.2. The minimum absolute atomic E-state index is 0.0328. The molecular weight excluding hydrogens is 258 g/mol. The third kappa shape index (κ3) is 3.68. The van der Waals surface area contributed by atoms with Crippen LogP contribution in [0.5, 0.6) is 5.75 Å². The number of ether oxygens (including phenoxy) is 1. The van der Waals surface area contributed by atoms with Gasteiger partial charge in [0.15, 0.2) is 0 Å². The van der Waals surface area contributed by atoms with Gasteiger partial charge < -0.3 is 4.74 Å². The van der Waals surface area contributed by atoms with Gasteiger partial charge in [0.2, 0.25) is 0 Å². The summed E-state index contributed by atoms with van der Waals surface area (Å²) in [5, 5.41) is 19.6. The molecule has 6 heteroatoms. The molecule has 0 amide bonds. The van der Waals surface area contributed by atoms with Gasteiger partial charge in [-0.3, -0.25) is 15.0 Å². The van der Waals surface area contributed by atoms with E-state index >= 15 is 0 Å². The van der Waals surface area contributed by atoms with Crippen LogP contribution in [0.3, 0.4) is 0 Å². The predicted molar refractivity (Wildman–Crippen MR) is 73.6 cm³/mol. The number of benzene rings is 1. The molecule has 0 aliphatic carbocycles. The summed E-state index contributed by atoms with van der Waals surface area (Å²) in [4.78, 5) is 12.5. The van der Waals surface area contributed by atoms with Gasteiger partial charge in [0.25, 0.3) is 5.69 Å². The van der Waals surface area contributed by atoms with E-state index in [0.29, 0.717) is 12.4 Å². The molecule has 1 fully saturated rings. The fraction of sp³-hybridized carbons (Fsp3) is 0.500. The van der Waals surface area contributed by atoms with Gasteiger partial charge in [-0.2, -0.15) is 5.26 Å². The average molecular weight is 275 g/mol. The Kier molecular flexibility index (Phi) is 4.91. The highest BCUT2D eigenvalue weighted by Crippen LogP contribution is 2.23. The zero-order chi connectivity index (χ0) is 14.4. The number of likely N-dealkylation sites (tertiary alicyclic amines) is 1. The molecule has 0 spiro atoms. The Hall–Kier alpha value is -2.13. The molecule has 0 atom stereocenters. The summed E-state index contributed by atoms with van der Waals surface area (Å²) in [5.41, 5.74) is -0.152. The van der Waals surface area contributed by atoms with Crippen molar-refractivity contribution < 1.29 is 9.66 Å². The maximum Gasteiger partial charge on any atom is 0.287 e. The monoisotopic (exact) mass is 275 g/mol. The normalized spacial score (nSPS) is 15.6. The van der Waals surface area contributed by atoms with Crippen LogP contribution >= 0.6 is 0 Å². The number of rotatable bonds is 5. The van der Waals surface area contributed by atoms with Crippen molar-refractivity contribution in [1.29, 1.82) is 5.26 Å². The molecule has 0 bridgehead atoms. The number of piperidine rings is 1. The lowest BCUT2D eigenvalue weighted by molar-refractivity contribution is -0.385. The van der Waals surface area contributed by atoms with Gasteiger partial charge in [-0.1, -0.05) is 6.42 Å². The Morgan fingerprint density at radius 2 is 2.10 bits per heavy atom. The molecular formula is C14H17N3O3. The van der Waals surface area contributed by atoms with Gasteiger partial charge in [0.05, 0.1) is 4.92 Å². The molecule has 0 unspecified atom stereocenters. The summed E-state index contributed by atoms with van der Waals surface area (Å²) in [6, 6.07) is 6.10. The van der Waals surface area contributed by atoms with Gasteiger partial charge in [-0.15, -0.1) is 0 Å². The molecule has 0 aromatic heterocycles. The molecule has 1 aliphatic heterocycles. The highest BCUT2D eigenvalue weighted by molar-refractivity contribution is 5.52. The number of hydrogen-bond donors (Lipinski definition) is 0. The van der Waals surface area contributed by atoms with Crippen LogP contribution in [0.2, 0.25) is 0 Å². The Bertz CT molecular complexity index is 519. The molecule has 0 saturated carbocycles. The van der Waals surface area contributed by atoms with E-state index in [1.807, 2.05) is 6.07 Å².